The van der Waals surface area contributed by atoms with E-state index in [2.05, 4.69) is 88.1 Å². The molecule has 12 heterocycles. The van der Waals surface area contributed by atoms with Gasteiger partial charge in [0.25, 0.3) is 23.6 Å². The van der Waals surface area contributed by atoms with Crippen molar-refractivity contribution in [2.24, 2.45) is 0 Å². The van der Waals surface area contributed by atoms with Gasteiger partial charge in [0.2, 0.25) is 22.8 Å². The summed E-state index contributed by atoms with van der Waals surface area (Å²) in [6.07, 6.45) is 10.9. The molecule has 0 aliphatic carbocycles. The standard InChI is InChI=1S/C69H62N8O12/c1-82-49-17-7-18-50(83-2)63(49)61-45-29-25-41-59(57-37(70-65(78)53-21-9-33-86-53)13-5-14-38(57)71-66(79)54-22-10-34-87-54)43-27-31-47-62(64-51(84-3)19-8-20-52(64)85-4)48-32-28-44-60(42-26-30-46(61)75(42)69(74(41)45,76(43)47)77(44)48)58-39(72-67(80)55-23-11-35-88-55)15-6-16-40(58)73-68(81)56-24-12-36-89-56/h5-8,13-20,25-32,53-56H,9-12,21-24,33-36H2,1-4H3,(H2-,70,71,72,73,78,79,80,81)/p+2/t53-,54-,55-,56-,69?/m0/s1. The monoisotopic (exact) mass is 1200 g/mol. The largest absolute Gasteiger partial charge is 0.553 e. The minimum atomic E-state index is -1.44. The molecule has 1 unspecified atom stereocenters. The summed E-state index contributed by atoms with van der Waals surface area (Å²) in [5, 5.41) is 14.7. The van der Waals surface area contributed by atoms with Gasteiger partial charge in [-0.15, -0.1) is 0 Å². The average Bonchev–Trinajstić information content (AvgIpc) is 1.52. The molecule has 2 aromatic heterocycles. The number of benzene rings is 4. The molecule has 10 aliphatic rings. The average molecular weight is 1200 g/mol. The molecule has 10 aliphatic heterocycles. The second-order valence-corrected chi connectivity index (χ2v) is 23.4. The van der Waals surface area contributed by atoms with E-state index in [4.69, 9.17) is 37.9 Å². The van der Waals surface area contributed by atoms with Gasteiger partial charge in [-0.2, -0.15) is 9.13 Å². The smallest absolute Gasteiger partial charge is 0.496 e. The molecule has 16 rings (SSSR count). The van der Waals surface area contributed by atoms with E-state index in [0.29, 0.717) is 131 Å². The number of allylic oxidation sites excluding steroid dienone is 4. The van der Waals surface area contributed by atoms with Crippen LogP contribution in [0.5, 0.6) is 23.0 Å². The highest BCUT2D eigenvalue weighted by atomic mass is 16.5. The number of hydrogen-bond donors (Lipinski definition) is 4. The van der Waals surface area contributed by atoms with E-state index in [-0.39, 0.29) is 23.6 Å². The summed E-state index contributed by atoms with van der Waals surface area (Å²) in [5.41, 5.74) is 11.6. The van der Waals surface area contributed by atoms with Gasteiger partial charge in [0, 0.05) is 61.9 Å². The number of aromatic nitrogens is 2. The van der Waals surface area contributed by atoms with Crippen LogP contribution in [-0.2, 0) is 44.0 Å². The highest BCUT2D eigenvalue weighted by molar-refractivity contribution is 6.32. The Bertz CT molecular complexity index is 4320. The van der Waals surface area contributed by atoms with E-state index >= 15 is 0 Å². The predicted molar refractivity (Wildman–Crippen MR) is 330 cm³/mol. The lowest BCUT2D eigenvalue weighted by molar-refractivity contribution is -0.834. The van der Waals surface area contributed by atoms with Crippen molar-refractivity contribution in [3.05, 3.63) is 177 Å². The van der Waals surface area contributed by atoms with Gasteiger partial charge < -0.3 is 59.2 Å². The van der Waals surface area contributed by atoms with Crippen LogP contribution < -0.4 is 50.9 Å². The third kappa shape index (κ3) is 8.05. The number of amides is 4. The number of carbonyl (C=O) groups excluding carboxylic acids is 4. The van der Waals surface area contributed by atoms with Crippen molar-refractivity contribution >= 4 is 80.1 Å². The highest BCUT2D eigenvalue weighted by Crippen LogP contribution is 2.57. The fraction of sp³-hybridized carbons (Fsp3) is 0.304. The summed E-state index contributed by atoms with van der Waals surface area (Å²) in [6.45, 7) is 1.86. The van der Waals surface area contributed by atoms with E-state index in [9.17, 15) is 19.2 Å². The van der Waals surface area contributed by atoms with E-state index in [0.717, 1.165) is 81.7 Å². The van der Waals surface area contributed by atoms with Crippen molar-refractivity contribution < 1.29 is 66.2 Å². The highest BCUT2D eigenvalue weighted by Gasteiger charge is 2.73. The number of ether oxygens (including phenoxy) is 8. The Balaban J connectivity index is 1.07. The first-order chi connectivity index (χ1) is 43.7. The Kier molecular flexibility index (Phi) is 13.1. The molecule has 20 heteroatoms. The first kappa shape index (κ1) is 54.8. The zero-order valence-corrected chi connectivity index (χ0v) is 49.5. The molecule has 0 bridgehead atoms. The van der Waals surface area contributed by atoms with Crippen LogP contribution >= 0.6 is 0 Å². The van der Waals surface area contributed by atoms with Gasteiger partial charge in [-0.05, 0) is 124 Å². The maximum atomic E-state index is 14.6. The quantitative estimate of drug-likeness (QED) is 0.0729. The molecular formula is C69H64N8O12+2. The van der Waals surface area contributed by atoms with Crippen LogP contribution in [-0.4, -0.2) is 133 Å². The van der Waals surface area contributed by atoms with E-state index in [1.165, 1.54) is 0 Å². The van der Waals surface area contributed by atoms with E-state index in [1.54, 1.807) is 28.4 Å². The molecule has 4 amide bonds. The number of rotatable bonds is 16. The summed E-state index contributed by atoms with van der Waals surface area (Å²) in [5.74, 6) is -0.442. The zero-order chi connectivity index (χ0) is 60.4. The second-order valence-electron chi connectivity index (χ2n) is 23.4. The van der Waals surface area contributed by atoms with Crippen molar-refractivity contribution in [3.8, 4) is 23.0 Å². The fourth-order valence-corrected chi connectivity index (χ4v) is 15.0. The topological polar surface area (TPSA) is 206 Å². The first-order valence-corrected chi connectivity index (χ1v) is 30.5. The molecular weight excluding hydrogens is 1130 g/mol. The molecule has 0 radical (unpaired) electrons. The maximum absolute atomic E-state index is 14.6. The zero-order valence-electron chi connectivity index (χ0n) is 49.5. The van der Waals surface area contributed by atoms with E-state index < -0.39 is 30.3 Å². The Labute approximate surface area is 511 Å². The third-order valence-electron chi connectivity index (χ3n) is 18.7. The molecule has 450 valence electrons. The Morgan fingerprint density at radius 3 is 1.09 bits per heavy atom. The number of nitrogens with zero attached hydrogens (tertiary/aromatic N) is 4. The van der Waals surface area contributed by atoms with Crippen molar-refractivity contribution in [1.82, 2.24) is 9.13 Å². The normalized spacial score (nSPS) is 22.9. The van der Waals surface area contributed by atoms with Gasteiger partial charge in [0.05, 0.1) is 107 Å². The second kappa shape index (κ2) is 21.3. The van der Waals surface area contributed by atoms with Crippen LogP contribution in [0.1, 0.15) is 85.0 Å². The third-order valence-corrected chi connectivity index (χ3v) is 18.7. The number of nitrogens with one attached hydrogen (secondary N) is 4. The Morgan fingerprint density at radius 1 is 0.416 bits per heavy atom. The van der Waals surface area contributed by atoms with Crippen molar-refractivity contribution in [2.75, 3.05) is 76.1 Å². The lowest BCUT2D eigenvalue weighted by atomic mass is 9.90. The molecule has 4 aromatic carbocycles. The minimum absolute atomic E-state index is 0.302. The van der Waals surface area contributed by atoms with Gasteiger partial charge in [0.1, 0.15) is 47.4 Å². The Morgan fingerprint density at radius 2 is 0.742 bits per heavy atom. The summed E-state index contributed by atoms with van der Waals surface area (Å²) >= 11 is 0. The fourth-order valence-electron chi connectivity index (χ4n) is 15.0. The molecule has 5 atom stereocenters. The van der Waals surface area contributed by atoms with Gasteiger partial charge >= 0.3 is 5.91 Å². The van der Waals surface area contributed by atoms with Crippen molar-refractivity contribution in [1.29, 1.82) is 0 Å². The van der Waals surface area contributed by atoms with Crippen LogP contribution in [0, 0.1) is 0 Å². The predicted octanol–water partition coefficient (Wildman–Crippen LogP) is 6.93. The molecule has 4 N–H and O–H groups in total. The summed E-state index contributed by atoms with van der Waals surface area (Å²) < 4.78 is 58.7. The van der Waals surface area contributed by atoms with Gasteiger partial charge in [0.15, 0.2) is 0 Å². The number of carbonyl (C=O) groups is 4. The van der Waals surface area contributed by atoms with Gasteiger partial charge in [-0.3, -0.25) is 19.2 Å². The summed E-state index contributed by atoms with van der Waals surface area (Å²) in [4.78, 5) is 58.3. The molecule has 1 spiro atoms. The van der Waals surface area contributed by atoms with Crippen LogP contribution in [0.15, 0.2) is 133 Å². The van der Waals surface area contributed by atoms with Crippen molar-refractivity contribution in [3.63, 3.8) is 0 Å². The molecule has 4 fully saturated rings. The van der Waals surface area contributed by atoms with Crippen LogP contribution in [0.2, 0.25) is 0 Å². The molecule has 0 saturated carbocycles. The molecule has 4 saturated heterocycles. The van der Waals surface area contributed by atoms with Crippen LogP contribution in [0.4, 0.5) is 22.7 Å². The Hall–Kier alpha value is -9.60. The van der Waals surface area contributed by atoms with E-state index in [1.807, 2.05) is 72.8 Å². The van der Waals surface area contributed by atoms with Gasteiger partial charge in [-0.25, -0.2) is 0 Å². The van der Waals surface area contributed by atoms with Crippen LogP contribution in [0.3, 0.4) is 0 Å². The minimum Gasteiger partial charge on any atom is -0.496 e. The van der Waals surface area contributed by atoms with Crippen LogP contribution in [0.25, 0.3) is 22.3 Å². The molecule has 6 aromatic rings. The number of methoxy groups -OCH3 is 4. The first-order valence-electron chi connectivity index (χ1n) is 30.5. The summed E-state index contributed by atoms with van der Waals surface area (Å²) in [7, 11) is 6.58. The SMILES string of the molecule is COc1cccc(OC)c1C1=C2C=CC3=[N+]2C24n5c(ccc51)C(c1c(NC(=O)[C@@H]5CCCO5)cccc1NC(=O)[C@@H]1CCCO1)=C1C=CC(=[N+]12)C(c1c(OC)cccc1OC)=c1ccc(n14)=C3c1c(NC(=O)[C@@H]2CCCO2)cccc1NC(=O)[C@@H]1CCCO1. The number of anilines is 4. The number of hydrogen-bond acceptors (Lipinski definition) is 12. The maximum Gasteiger partial charge on any atom is 0.553 e. The summed E-state index contributed by atoms with van der Waals surface area (Å²) in [6, 6.07) is 31.1. The molecule has 20 nitrogen and oxygen atoms in total. The lowest BCUT2D eigenvalue weighted by Gasteiger charge is -2.41. The van der Waals surface area contributed by atoms with Gasteiger partial charge in [-0.1, -0.05) is 33.4 Å². The molecule has 89 heavy (non-hydrogen) atoms. The van der Waals surface area contributed by atoms with Crippen molar-refractivity contribution in [2.45, 2.75) is 81.7 Å². The lowest BCUT2D eigenvalue weighted by Crippen LogP contribution is -2.71.